The van der Waals surface area contributed by atoms with Gasteiger partial charge in [0.05, 0.1) is 16.6 Å². The zero-order valence-electron chi connectivity index (χ0n) is 14.5. The minimum atomic E-state index is -1.41. The Morgan fingerprint density at radius 2 is 1.93 bits per heavy atom. The van der Waals surface area contributed by atoms with Gasteiger partial charge in [-0.15, -0.1) is 0 Å². The second-order valence-corrected chi connectivity index (χ2v) is 6.18. The third-order valence-corrected chi connectivity index (χ3v) is 4.38. The number of carbonyl (C=O) groups excluding carboxylic acids is 2. The maximum Gasteiger partial charge on any atom is 0.268 e. The molecule has 0 radical (unpaired) electrons. The fourth-order valence-corrected chi connectivity index (χ4v) is 3.05. The zero-order valence-corrected chi connectivity index (χ0v) is 14.5. The minimum absolute atomic E-state index is 0.0422. The quantitative estimate of drug-likeness (QED) is 0.389. The van der Waals surface area contributed by atoms with E-state index in [2.05, 4.69) is 20.5 Å². The topological polar surface area (TPSA) is 139 Å². The van der Waals surface area contributed by atoms with Crippen LogP contribution in [-0.2, 0) is 9.59 Å². The van der Waals surface area contributed by atoms with Gasteiger partial charge in [-0.1, -0.05) is 18.2 Å². The van der Waals surface area contributed by atoms with Crippen LogP contribution in [0.15, 0.2) is 65.8 Å². The van der Waals surface area contributed by atoms with Gasteiger partial charge in [-0.05, 0) is 30.3 Å². The highest BCUT2D eigenvalue weighted by molar-refractivity contribution is 6.10. The fraction of sp³-hybridized carbons (Fsp3) is 0.0526. The van der Waals surface area contributed by atoms with E-state index in [1.165, 1.54) is 6.20 Å². The van der Waals surface area contributed by atoms with E-state index in [-0.39, 0.29) is 5.56 Å². The number of imidazole rings is 1. The van der Waals surface area contributed by atoms with Gasteiger partial charge >= 0.3 is 0 Å². The number of carbonyl (C=O) groups is 2. The van der Waals surface area contributed by atoms with Crippen LogP contribution in [0.2, 0.25) is 0 Å². The summed E-state index contributed by atoms with van der Waals surface area (Å²) in [5.41, 5.74) is 7.63. The van der Waals surface area contributed by atoms with Crippen molar-refractivity contribution in [1.82, 2.24) is 19.7 Å². The van der Waals surface area contributed by atoms with E-state index in [1.807, 2.05) is 41.0 Å². The molecule has 140 valence electrons. The van der Waals surface area contributed by atoms with Crippen LogP contribution >= 0.6 is 0 Å². The van der Waals surface area contributed by atoms with Gasteiger partial charge in [-0.2, -0.15) is 0 Å². The number of para-hydroxylation sites is 1. The van der Waals surface area contributed by atoms with Crippen molar-refractivity contribution < 1.29 is 9.59 Å². The standard InChI is InChI=1S/C19H16N6O3/c20-17(26)16(13-9-22-24-18(13)27)19(28)23-11-6-7-15-14(8-11)21-10-25(15)12-4-2-1-3-5-12/h1-10,16H,(H2,20,26)(H,23,28)(H2,22,24,27). The summed E-state index contributed by atoms with van der Waals surface area (Å²) in [6.07, 6.45) is 2.94. The summed E-state index contributed by atoms with van der Waals surface area (Å²) in [5, 5.41) is 7.37. The second kappa shape index (κ2) is 6.88. The van der Waals surface area contributed by atoms with Crippen LogP contribution in [-0.4, -0.2) is 31.6 Å². The normalized spacial score (nSPS) is 12.0. The number of nitrogens with one attached hydrogen (secondary N) is 3. The molecule has 0 spiro atoms. The first-order valence-corrected chi connectivity index (χ1v) is 8.43. The lowest BCUT2D eigenvalue weighted by atomic mass is 10.0. The smallest absolute Gasteiger partial charge is 0.268 e. The molecule has 0 saturated heterocycles. The van der Waals surface area contributed by atoms with Gasteiger partial charge < -0.3 is 16.1 Å². The van der Waals surface area contributed by atoms with E-state index in [0.29, 0.717) is 11.2 Å². The van der Waals surface area contributed by atoms with Crippen molar-refractivity contribution in [2.75, 3.05) is 5.32 Å². The number of aromatic nitrogens is 4. The lowest BCUT2D eigenvalue weighted by Crippen LogP contribution is -2.35. The van der Waals surface area contributed by atoms with Crippen LogP contribution in [0, 0.1) is 0 Å². The van der Waals surface area contributed by atoms with Crippen molar-refractivity contribution in [3.05, 3.63) is 77.0 Å². The number of amides is 2. The number of aromatic amines is 2. The molecule has 1 unspecified atom stereocenters. The van der Waals surface area contributed by atoms with Gasteiger partial charge in [0.25, 0.3) is 5.56 Å². The van der Waals surface area contributed by atoms with Gasteiger partial charge in [0.15, 0.2) is 0 Å². The summed E-state index contributed by atoms with van der Waals surface area (Å²) in [4.78, 5) is 40.4. The van der Waals surface area contributed by atoms with Crippen molar-refractivity contribution >= 4 is 28.5 Å². The Morgan fingerprint density at radius 3 is 2.61 bits per heavy atom. The molecule has 4 rings (SSSR count). The van der Waals surface area contributed by atoms with Crippen molar-refractivity contribution in [3.63, 3.8) is 0 Å². The highest BCUT2D eigenvalue weighted by Gasteiger charge is 2.29. The maximum atomic E-state index is 12.6. The first-order valence-electron chi connectivity index (χ1n) is 8.43. The molecular formula is C19H16N6O3. The van der Waals surface area contributed by atoms with Gasteiger partial charge in [0, 0.05) is 17.6 Å². The number of hydrogen-bond acceptors (Lipinski definition) is 4. The molecule has 0 aliphatic heterocycles. The number of hydrogen-bond donors (Lipinski definition) is 4. The summed E-state index contributed by atoms with van der Waals surface area (Å²) in [5.74, 6) is -3.02. The minimum Gasteiger partial charge on any atom is -0.369 e. The SMILES string of the molecule is NC(=O)C(C(=O)Nc1ccc2c(c1)ncn2-c1ccccc1)c1c[nH][nH]c1=O. The largest absolute Gasteiger partial charge is 0.369 e. The van der Waals surface area contributed by atoms with E-state index in [0.717, 1.165) is 11.2 Å². The van der Waals surface area contributed by atoms with Crippen molar-refractivity contribution in [1.29, 1.82) is 0 Å². The summed E-state index contributed by atoms with van der Waals surface area (Å²) < 4.78 is 1.92. The third-order valence-electron chi connectivity index (χ3n) is 4.38. The summed E-state index contributed by atoms with van der Waals surface area (Å²) in [7, 11) is 0. The van der Waals surface area contributed by atoms with E-state index in [4.69, 9.17) is 5.73 Å². The summed E-state index contributed by atoms with van der Waals surface area (Å²) >= 11 is 0. The molecule has 4 aromatic rings. The van der Waals surface area contributed by atoms with Crippen LogP contribution in [0.5, 0.6) is 0 Å². The molecular weight excluding hydrogens is 360 g/mol. The molecule has 5 N–H and O–H groups in total. The highest BCUT2D eigenvalue weighted by atomic mass is 16.2. The number of nitrogens with zero attached hydrogens (tertiary/aromatic N) is 2. The summed E-state index contributed by atoms with van der Waals surface area (Å²) in [6, 6.07) is 14.9. The van der Waals surface area contributed by atoms with Crippen LogP contribution in [0.1, 0.15) is 11.5 Å². The number of H-pyrrole nitrogens is 2. The van der Waals surface area contributed by atoms with E-state index in [9.17, 15) is 14.4 Å². The Balaban J connectivity index is 1.63. The van der Waals surface area contributed by atoms with Crippen LogP contribution in [0.3, 0.4) is 0 Å². The van der Waals surface area contributed by atoms with E-state index < -0.39 is 23.3 Å². The average molecular weight is 376 g/mol. The molecule has 28 heavy (non-hydrogen) atoms. The first-order chi connectivity index (χ1) is 13.5. The van der Waals surface area contributed by atoms with Crippen LogP contribution in [0.25, 0.3) is 16.7 Å². The van der Waals surface area contributed by atoms with Crippen LogP contribution in [0.4, 0.5) is 5.69 Å². The molecule has 0 saturated carbocycles. The Morgan fingerprint density at radius 1 is 1.14 bits per heavy atom. The highest BCUT2D eigenvalue weighted by Crippen LogP contribution is 2.22. The predicted molar refractivity (Wildman–Crippen MR) is 103 cm³/mol. The van der Waals surface area contributed by atoms with Crippen molar-refractivity contribution in [2.45, 2.75) is 5.92 Å². The van der Waals surface area contributed by atoms with Crippen molar-refractivity contribution in [2.24, 2.45) is 5.73 Å². The number of anilines is 1. The predicted octanol–water partition coefficient (Wildman–Crippen LogP) is 1.25. The Hall–Kier alpha value is -4.14. The molecule has 2 aromatic carbocycles. The molecule has 9 nitrogen and oxygen atoms in total. The van der Waals surface area contributed by atoms with Gasteiger partial charge in [0.2, 0.25) is 11.8 Å². The van der Waals surface area contributed by atoms with E-state index >= 15 is 0 Å². The number of benzene rings is 2. The summed E-state index contributed by atoms with van der Waals surface area (Å²) in [6.45, 7) is 0. The van der Waals surface area contributed by atoms with Gasteiger partial charge in [-0.25, -0.2) is 4.98 Å². The Labute approximate surface area is 158 Å². The number of fused-ring (bicyclic) bond motifs is 1. The molecule has 0 bridgehead atoms. The first kappa shape index (κ1) is 17.3. The maximum absolute atomic E-state index is 12.6. The fourth-order valence-electron chi connectivity index (χ4n) is 3.05. The number of rotatable bonds is 5. The molecule has 0 fully saturated rings. The average Bonchev–Trinajstić information content (AvgIpc) is 3.28. The third kappa shape index (κ3) is 3.05. The monoisotopic (exact) mass is 376 g/mol. The Bertz CT molecular complexity index is 1220. The molecule has 2 amide bonds. The molecule has 1 atom stereocenters. The van der Waals surface area contributed by atoms with Gasteiger partial charge in [0.1, 0.15) is 12.2 Å². The molecule has 2 heterocycles. The second-order valence-electron chi connectivity index (χ2n) is 6.18. The lowest BCUT2D eigenvalue weighted by Gasteiger charge is -2.12. The molecule has 9 heteroatoms. The zero-order chi connectivity index (χ0) is 19.7. The number of primary amides is 1. The molecule has 2 aromatic heterocycles. The van der Waals surface area contributed by atoms with Crippen molar-refractivity contribution in [3.8, 4) is 5.69 Å². The van der Waals surface area contributed by atoms with Gasteiger partial charge in [-0.3, -0.25) is 24.0 Å². The number of nitrogens with two attached hydrogens (primary N) is 1. The lowest BCUT2D eigenvalue weighted by molar-refractivity contribution is -0.127. The van der Waals surface area contributed by atoms with Crippen LogP contribution < -0.4 is 16.6 Å². The molecule has 0 aliphatic carbocycles. The molecule has 0 aliphatic rings. The Kier molecular flexibility index (Phi) is 4.24. The van der Waals surface area contributed by atoms with E-state index in [1.54, 1.807) is 18.5 Å².